The topological polar surface area (TPSA) is 108 Å². The summed E-state index contributed by atoms with van der Waals surface area (Å²) in [7, 11) is 1.48. The predicted molar refractivity (Wildman–Crippen MR) is 243 cm³/mol. The quantitative estimate of drug-likeness (QED) is 0.0212. The summed E-state index contributed by atoms with van der Waals surface area (Å²) < 4.78 is 34.4. The van der Waals surface area contributed by atoms with Gasteiger partial charge in [-0.2, -0.15) is 0 Å². The molecule has 58 heavy (non-hydrogen) atoms. The van der Waals surface area contributed by atoms with E-state index in [9.17, 15) is 19.0 Å². The molecule has 0 saturated carbocycles. The van der Waals surface area contributed by atoms with Crippen LogP contribution in [0.1, 0.15) is 232 Å². The zero-order chi connectivity index (χ0) is 42.8. The van der Waals surface area contributed by atoms with Crippen LogP contribution in [0.5, 0.6) is 0 Å². The minimum Gasteiger partial charge on any atom is -0.462 e. The van der Waals surface area contributed by atoms with Gasteiger partial charge in [-0.05, 0) is 38.5 Å². The molecule has 0 fully saturated rings. The Hall–Kier alpha value is -1.25. The van der Waals surface area contributed by atoms with E-state index in [1.54, 1.807) is 0 Å². The van der Waals surface area contributed by atoms with Crippen LogP contribution >= 0.6 is 7.82 Å². The van der Waals surface area contributed by atoms with Crippen LogP contribution in [0.3, 0.4) is 0 Å². The third-order valence-electron chi connectivity index (χ3n) is 10.8. The first-order chi connectivity index (χ1) is 28.0. The van der Waals surface area contributed by atoms with E-state index in [0.29, 0.717) is 23.9 Å². The van der Waals surface area contributed by atoms with Crippen molar-refractivity contribution in [1.82, 2.24) is 0 Å². The van der Waals surface area contributed by atoms with Gasteiger partial charge in [0.1, 0.15) is 19.8 Å². The molecule has 0 heterocycles. The molecular weight excluding hydrogens is 750 g/mol. The molecule has 0 aliphatic rings. The van der Waals surface area contributed by atoms with Crippen molar-refractivity contribution in [2.75, 3.05) is 47.5 Å². The normalized spacial score (nSPS) is 13.6. The van der Waals surface area contributed by atoms with Gasteiger partial charge in [-0.15, -0.1) is 0 Å². The number of likely N-dealkylation sites (N-methyl/N-ethyl adjacent to an activating group) is 1. The minimum absolute atomic E-state index is 0.0334. The third-order valence-corrected chi connectivity index (χ3v) is 11.8. The van der Waals surface area contributed by atoms with Crippen molar-refractivity contribution in [2.24, 2.45) is 0 Å². The molecule has 0 rings (SSSR count). The first-order valence-electron chi connectivity index (χ1n) is 24.4. The van der Waals surface area contributed by atoms with E-state index in [2.05, 4.69) is 26.0 Å². The number of rotatable bonds is 45. The average molecular weight is 845 g/mol. The fraction of sp³-hybridized carbons (Fsp3) is 0.917. The number of ether oxygens (including phenoxy) is 2. The summed E-state index contributed by atoms with van der Waals surface area (Å²) in [6.45, 7) is 4.45. The number of esters is 2. The highest BCUT2D eigenvalue weighted by Crippen LogP contribution is 2.43. The molecule has 0 bridgehead atoms. The fourth-order valence-electron chi connectivity index (χ4n) is 6.95. The van der Waals surface area contributed by atoms with Crippen LogP contribution in [-0.2, 0) is 32.7 Å². The van der Waals surface area contributed by atoms with Crippen molar-refractivity contribution in [3.05, 3.63) is 12.2 Å². The molecule has 0 aliphatic carbocycles. The largest absolute Gasteiger partial charge is 0.472 e. The van der Waals surface area contributed by atoms with Crippen molar-refractivity contribution < 1.29 is 42.1 Å². The smallest absolute Gasteiger partial charge is 0.462 e. The van der Waals surface area contributed by atoms with Crippen molar-refractivity contribution >= 4 is 19.8 Å². The molecule has 0 aliphatic heterocycles. The predicted octanol–water partition coefficient (Wildman–Crippen LogP) is 14.1. The number of nitrogens with zero attached hydrogens (tertiary/aromatic N) is 1. The molecule has 0 amide bonds. The Morgan fingerprint density at radius 3 is 1.28 bits per heavy atom. The Bertz CT molecular complexity index is 1000. The molecule has 0 saturated heterocycles. The summed E-state index contributed by atoms with van der Waals surface area (Å²) in [6, 6.07) is 0. The van der Waals surface area contributed by atoms with E-state index in [1.807, 2.05) is 21.1 Å². The SMILES string of the molecule is CCCCCCCC/C=C\CCCCCCCC(=O)O[C@H](COC(=O)CCCCCCCCCCCCCCCCCCCCC)COP(=O)(O)OCC[N+](C)(C)C. The Kier molecular flexibility index (Phi) is 40.2. The number of phosphoric acid groups is 1. The van der Waals surface area contributed by atoms with Gasteiger partial charge in [-0.25, -0.2) is 4.57 Å². The van der Waals surface area contributed by atoms with Gasteiger partial charge in [-0.3, -0.25) is 18.6 Å². The van der Waals surface area contributed by atoms with Gasteiger partial charge in [0.15, 0.2) is 6.10 Å². The number of unbranched alkanes of at least 4 members (excludes halogenated alkanes) is 29. The number of quaternary nitrogens is 1. The molecule has 0 radical (unpaired) electrons. The number of carbonyl (C=O) groups is 2. The highest BCUT2D eigenvalue weighted by Gasteiger charge is 2.27. The molecule has 9 nitrogen and oxygen atoms in total. The molecule has 10 heteroatoms. The minimum atomic E-state index is -4.37. The van der Waals surface area contributed by atoms with Crippen LogP contribution < -0.4 is 0 Å². The molecule has 0 aromatic heterocycles. The van der Waals surface area contributed by atoms with Crippen molar-refractivity contribution in [3.8, 4) is 0 Å². The van der Waals surface area contributed by atoms with Gasteiger partial charge >= 0.3 is 19.8 Å². The van der Waals surface area contributed by atoms with Crippen molar-refractivity contribution in [3.63, 3.8) is 0 Å². The zero-order valence-electron chi connectivity index (χ0n) is 38.8. The standard InChI is InChI=1S/C48H94NO8P/c1-6-8-10-12-14-16-18-20-22-23-24-25-27-28-30-32-34-36-38-40-47(50)54-44-46(45-56-58(52,53)55-43-42-49(3,4)5)57-48(51)41-39-37-35-33-31-29-26-21-19-17-15-13-11-9-7-2/h21,26,46H,6-20,22-25,27-45H2,1-5H3/p+1/b26-21-/t46-/m1/s1. The lowest BCUT2D eigenvalue weighted by atomic mass is 10.0. The van der Waals surface area contributed by atoms with E-state index >= 15 is 0 Å². The van der Waals surface area contributed by atoms with Crippen LogP contribution in [-0.4, -0.2) is 74.9 Å². The second-order valence-electron chi connectivity index (χ2n) is 17.9. The summed E-state index contributed by atoms with van der Waals surface area (Å²) in [5.74, 6) is -0.795. The maximum atomic E-state index is 12.7. The highest BCUT2D eigenvalue weighted by atomic mass is 31.2. The highest BCUT2D eigenvalue weighted by molar-refractivity contribution is 7.47. The summed E-state index contributed by atoms with van der Waals surface area (Å²) in [4.78, 5) is 35.5. The maximum absolute atomic E-state index is 12.7. The van der Waals surface area contributed by atoms with Gasteiger partial charge in [0.2, 0.25) is 0 Å². The molecule has 0 aromatic rings. The molecule has 1 unspecified atom stereocenters. The Morgan fingerprint density at radius 2 is 0.879 bits per heavy atom. The summed E-state index contributed by atoms with van der Waals surface area (Å²) in [6.07, 6.45) is 44.0. The van der Waals surface area contributed by atoms with Crippen molar-refractivity contribution in [1.29, 1.82) is 0 Å². The Labute approximate surface area is 358 Å². The molecule has 2 atom stereocenters. The summed E-state index contributed by atoms with van der Waals surface area (Å²) in [5.41, 5.74) is 0. The second-order valence-corrected chi connectivity index (χ2v) is 19.3. The van der Waals surface area contributed by atoms with Crippen LogP contribution in [0, 0.1) is 0 Å². The first-order valence-corrected chi connectivity index (χ1v) is 25.9. The lowest BCUT2D eigenvalue weighted by molar-refractivity contribution is -0.870. The average Bonchev–Trinajstić information content (AvgIpc) is 3.17. The van der Waals surface area contributed by atoms with E-state index in [0.717, 1.165) is 51.4 Å². The monoisotopic (exact) mass is 845 g/mol. The Morgan fingerprint density at radius 1 is 0.517 bits per heavy atom. The van der Waals surface area contributed by atoms with E-state index in [1.165, 1.54) is 148 Å². The van der Waals surface area contributed by atoms with Gasteiger partial charge in [-0.1, -0.05) is 193 Å². The lowest BCUT2D eigenvalue weighted by Crippen LogP contribution is -2.37. The van der Waals surface area contributed by atoms with Crippen molar-refractivity contribution in [2.45, 2.75) is 238 Å². The van der Waals surface area contributed by atoms with E-state index in [4.69, 9.17) is 18.5 Å². The zero-order valence-corrected chi connectivity index (χ0v) is 39.7. The Balaban J connectivity index is 4.25. The maximum Gasteiger partial charge on any atom is 0.472 e. The second kappa shape index (κ2) is 41.1. The van der Waals surface area contributed by atoms with Crippen LogP contribution in [0.2, 0.25) is 0 Å². The number of carbonyl (C=O) groups excluding carboxylic acids is 2. The van der Waals surface area contributed by atoms with Crippen LogP contribution in [0.15, 0.2) is 12.2 Å². The number of hydrogen-bond donors (Lipinski definition) is 1. The fourth-order valence-corrected chi connectivity index (χ4v) is 7.69. The number of phosphoric ester groups is 1. The molecule has 1 N–H and O–H groups in total. The van der Waals surface area contributed by atoms with Gasteiger partial charge in [0.25, 0.3) is 0 Å². The van der Waals surface area contributed by atoms with Gasteiger partial charge in [0, 0.05) is 12.8 Å². The summed E-state index contributed by atoms with van der Waals surface area (Å²) >= 11 is 0. The number of allylic oxidation sites excluding steroid dienone is 2. The van der Waals surface area contributed by atoms with Crippen LogP contribution in [0.4, 0.5) is 0 Å². The number of hydrogen-bond acceptors (Lipinski definition) is 7. The molecule has 344 valence electrons. The van der Waals surface area contributed by atoms with Gasteiger partial charge in [0.05, 0.1) is 27.7 Å². The van der Waals surface area contributed by atoms with E-state index < -0.39 is 26.5 Å². The van der Waals surface area contributed by atoms with Gasteiger partial charge < -0.3 is 18.9 Å². The third kappa shape index (κ3) is 44.3. The first kappa shape index (κ1) is 56.8. The molecule has 0 aromatic carbocycles. The van der Waals surface area contributed by atoms with Crippen LogP contribution in [0.25, 0.3) is 0 Å². The summed E-state index contributed by atoms with van der Waals surface area (Å²) in [5, 5.41) is 0. The van der Waals surface area contributed by atoms with E-state index in [-0.39, 0.29) is 25.6 Å². The molecule has 0 spiro atoms. The molecular formula is C48H95NO8P+. The lowest BCUT2D eigenvalue weighted by Gasteiger charge is -2.24.